The lowest BCUT2D eigenvalue weighted by atomic mass is 10.1. The molecule has 1 aromatic carbocycles. The standard InChI is InChI=1S/C17H24N2O4/c1-17(2,3)23-15(20)13-9-10-19(14(13)18)16(21)22-11-12-7-5-4-6-8-12/h4-8,13-14H,9-11,18H2,1-3H3/t13?,14-/m1/s1. The summed E-state index contributed by atoms with van der Waals surface area (Å²) in [5.41, 5.74) is 6.37. The summed E-state index contributed by atoms with van der Waals surface area (Å²) in [5.74, 6) is -0.887. The van der Waals surface area contributed by atoms with Crippen LogP contribution in [-0.2, 0) is 20.9 Å². The molecule has 1 aliphatic rings. The number of hydrogen-bond donors (Lipinski definition) is 1. The number of benzene rings is 1. The van der Waals surface area contributed by atoms with E-state index in [1.165, 1.54) is 4.90 Å². The van der Waals surface area contributed by atoms with Gasteiger partial charge in [0.1, 0.15) is 12.2 Å². The van der Waals surface area contributed by atoms with Crippen LogP contribution in [0.2, 0.25) is 0 Å². The monoisotopic (exact) mass is 320 g/mol. The highest BCUT2D eigenvalue weighted by molar-refractivity contribution is 5.76. The first-order chi connectivity index (χ1) is 10.8. The van der Waals surface area contributed by atoms with E-state index in [0.29, 0.717) is 13.0 Å². The number of carbonyl (C=O) groups is 2. The number of hydrogen-bond acceptors (Lipinski definition) is 5. The lowest BCUT2D eigenvalue weighted by molar-refractivity contribution is -0.160. The molecule has 1 heterocycles. The van der Waals surface area contributed by atoms with Gasteiger partial charge >= 0.3 is 12.1 Å². The first-order valence-corrected chi connectivity index (χ1v) is 7.74. The minimum atomic E-state index is -0.715. The van der Waals surface area contributed by atoms with Crippen molar-refractivity contribution in [3.8, 4) is 0 Å². The van der Waals surface area contributed by atoms with E-state index in [2.05, 4.69) is 0 Å². The molecular formula is C17H24N2O4. The fourth-order valence-electron chi connectivity index (χ4n) is 2.47. The normalized spacial score (nSPS) is 21.1. The zero-order valence-corrected chi connectivity index (χ0v) is 13.8. The van der Waals surface area contributed by atoms with Gasteiger partial charge < -0.3 is 15.2 Å². The van der Waals surface area contributed by atoms with E-state index in [0.717, 1.165) is 5.56 Å². The molecule has 6 nitrogen and oxygen atoms in total. The van der Waals surface area contributed by atoms with Crippen molar-refractivity contribution >= 4 is 12.1 Å². The molecule has 0 aromatic heterocycles. The molecule has 2 atom stereocenters. The Bertz CT molecular complexity index is 553. The van der Waals surface area contributed by atoms with Gasteiger partial charge in [-0.2, -0.15) is 0 Å². The van der Waals surface area contributed by atoms with Gasteiger partial charge in [0.2, 0.25) is 0 Å². The van der Waals surface area contributed by atoms with Crippen LogP contribution >= 0.6 is 0 Å². The first kappa shape index (κ1) is 17.3. The maximum atomic E-state index is 12.2. The van der Waals surface area contributed by atoms with E-state index >= 15 is 0 Å². The minimum absolute atomic E-state index is 0.181. The molecule has 0 aliphatic carbocycles. The predicted octanol–water partition coefficient (Wildman–Crippen LogP) is 2.27. The van der Waals surface area contributed by atoms with Crippen LogP contribution in [0.4, 0.5) is 4.79 Å². The number of esters is 1. The molecule has 2 rings (SSSR count). The summed E-state index contributed by atoms with van der Waals surface area (Å²) in [6.07, 6.45) is -0.739. The second-order valence-electron chi connectivity index (χ2n) is 6.65. The van der Waals surface area contributed by atoms with Crippen LogP contribution in [0.5, 0.6) is 0 Å². The van der Waals surface area contributed by atoms with Crippen LogP contribution in [0.25, 0.3) is 0 Å². The van der Waals surface area contributed by atoms with E-state index in [1.807, 2.05) is 30.3 Å². The van der Waals surface area contributed by atoms with Gasteiger partial charge in [0, 0.05) is 6.54 Å². The number of carbonyl (C=O) groups excluding carboxylic acids is 2. The molecule has 1 fully saturated rings. The van der Waals surface area contributed by atoms with Gasteiger partial charge in [-0.1, -0.05) is 30.3 Å². The van der Waals surface area contributed by atoms with E-state index in [1.54, 1.807) is 20.8 Å². The Morgan fingerprint density at radius 2 is 1.91 bits per heavy atom. The molecule has 0 saturated carbocycles. The maximum Gasteiger partial charge on any atom is 0.411 e. The van der Waals surface area contributed by atoms with Gasteiger partial charge in [-0.15, -0.1) is 0 Å². The molecular weight excluding hydrogens is 296 g/mol. The van der Waals surface area contributed by atoms with Crippen molar-refractivity contribution in [2.24, 2.45) is 11.7 Å². The lowest BCUT2D eigenvalue weighted by Crippen LogP contribution is -2.47. The Balaban J connectivity index is 1.89. The summed E-state index contributed by atoms with van der Waals surface area (Å²) < 4.78 is 10.6. The van der Waals surface area contributed by atoms with Gasteiger partial charge in [0.05, 0.1) is 12.1 Å². The van der Waals surface area contributed by atoms with Crippen molar-refractivity contribution in [3.63, 3.8) is 0 Å². The Labute approximate surface area is 136 Å². The highest BCUT2D eigenvalue weighted by atomic mass is 16.6. The zero-order chi connectivity index (χ0) is 17.0. The second kappa shape index (κ2) is 7.00. The summed E-state index contributed by atoms with van der Waals surface area (Å²) in [6.45, 7) is 5.98. The van der Waals surface area contributed by atoms with Gasteiger partial charge in [0.25, 0.3) is 0 Å². The van der Waals surface area contributed by atoms with Gasteiger partial charge in [0.15, 0.2) is 0 Å². The summed E-state index contributed by atoms with van der Waals surface area (Å²) >= 11 is 0. The molecule has 1 unspecified atom stereocenters. The number of amides is 1. The van der Waals surface area contributed by atoms with Crippen LogP contribution in [-0.4, -0.2) is 35.3 Å². The van der Waals surface area contributed by atoms with Crippen molar-refractivity contribution in [1.29, 1.82) is 0 Å². The molecule has 1 amide bonds. The number of nitrogens with zero attached hydrogens (tertiary/aromatic N) is 1. The Kier molecular flexibility index (Phi) is 5.26. The smallest absolute Gasteiger partial charge is 0.411 e. The average molecular weight is 320 g/mol. The summed E-state index contributed by atoms with van der Waals surface area (Å²) in [7, 11) is 0. The number of ether oxygens (including phenoxy) is 2. The molecule has 1 aromatic rings. The third kappa shape index (κ3) is 4.69. The lowest BCUT2D eigenvalue weighted by Gasteiger charge is -2.26. The molecule has 0 radical (unpaired) electrons. The molecule has 23 heavy (non-hydrogen) atoms. The number of nitrogens with two attached hydrogens (primary N) is 1. The first-order valence-electron chi connectivity index (χ1n) is 7.74. The minimum Gasteiger partial charge on any atom is -0.460 e. The van der Waals surface area contributed by atoms with E-state index < -0.39 is 23.8 Å². The highest BCUT2D eigenvalue weighted by Crippen LogP contribution is 2.25. The topological polar surface area (TPSA) is 81.9 Å². The molecule has 126 valence electrons. The Morgan fingerprint density at radius 3 is 2.52 bits per heavy atom. The molecule has 6 heteroatoms. The molecule has 1 saturated heterocycles. The second-order valence-corrected chi connectivity index (χ2v) is 6.65. The summed E-state index contributed by atoms with van der Waals surface area (Å²) in [4.78, 5) is 25.7. The van der Waals surface area contributed by atoms with Crippen LogP contribution in [0.15, 0.2) is 30.3 Å². The fourth-order valence-corrected chi connectivity index (χ4v) is 2.47. The zero-order valence-electron chi connectivity index (χ0n) is 13.8. The van der Waals surface area contributed by atoms with Crippen LogP contribution in [0.1, 0.15) is 32.8 Å². The quantitative estimate of drug-likeness (QED) is 0.864. The Morgan fingerprint density at radius 1 is 1.26 bits per heavy atom. The van der Waals surface area contributed by atoms with Crippen molar-refractivity contribution in [2.45, 2.75) is 45.6 Å². The van der Waals surface area contributed by atoms with Gasteiger partial charge in [-0.05, 0) is 32.8 Å². The van der Waals surface area contributed by atoms with Crippen molar-refractivity contribution in [1.82, 2.24) is 4.90 Å². The maximum absolute atomic E-state index is 12.2. The highest BCUT2D eigenvalue weighted by Gasteiger charge is 2.41. The van der Waals surface area contributed by atoms with Gasteiger partial charge in [-0.3, -0.25) is 9.69 Å². The van der Waals surface area contributed by atoms with E-state index in [9.17, 15) is 9.59 Å². The largest absolute Gasteiger partial charge is 0.460 e. The van der Waals surface area contributed by atoms with E-state index in [4.69, 9.17) is 15.2 Å². The third-order valence-electron chi connectivity index (χ3n) is 3.60. The average Bonchev–Trinajstić information content (AvgIpc) is 2.86. The van der Waals surface area contributed by atoms with Crippen LogP contribution in [0, 0.1) is 5.92 Å². The predicted molar refractivity (Wildman–Crippen MR) is 85.3 cm³/mol. The van der Waals surface area contributed by atoms with Crippen LogP contribution < -0.4 is 5.73 Å². The van der Waals surface area contributed by atoms with Crippen molar-refractivity contribution in [2.75, 3.05) is 6.54 Å². The number of rotatable bonds is 3. The molecule has 1 aliphatic heterocycles. The third-order valence-corrected chi connectivity index (χ3v) is 3.60. The SMILES string of the molecule is CC(C)(C)OC(=O)C1CCN(C(=O)OCc2ccccc2)[C@H]1N. The van der Waals surface area contributed by atoms with Crippen molar-refractivity contribution < 1.29 is 19.1 Å². The van der Waals surface area contributed by atoms with Gasteiger partial charge in [-0.25, -0.2) is 4.79 Å². The summed E-state index contributed by atoms with van der Waals surface area (Å²) in [5, 5.41) is 0. The summed E-state index contributed by atoms with van der Waals surface area (Å²) in [6, 6.07) is 9.40. The number of likely N-dealkylation sites (tertiary alicyclic amines) is 1. The van der Waals surface area contributed by atoms with E-state index in [-0.39, 0.29) is 12.6 Å². The Hall–Kier alpha value is -2.08. The molecule has 0 spiro atoms. The van der Waals surface area contributed by atoms with Crippen LogP contribution in [0.3, 0.4) is 0 Å². The molecule has 2 N–H and O–H groups in total. The molecule has 0 bridgehead atoms. The van der Waals surface area contributed by atoms with Crippen molar-refractivity contribution in [3.05, 3.63) is 35.9 Å². The fraction of sp³-hybridized carbons (Fsp3) is 0.529.